The van der Waals surface area contributed by atoms with Crippen LogP contribution in [0.15, 0.2) is 17.6 Å². The van der Waals surface area contributed by atoms with Crippen LogP contribution in [0.1, 0.15) is 20.8 Å². The lowest BCUT2D eigenvalue weighted by Crippen LogP contribution is -2.26. The van der Waals surface area contributed by atoms with Crippen LogP contribution in [0, 0.1) is 0 Å². The molecule has 1 aromatic rings. The molecule has 5 heteroatoms. The monoisotopic (exact) mass is 214 g/mol. The van der Waals surface area contributed by atoms with Crippen molar-refractivity contribution in [2.75, 3.05) is 6.26 Å². The van der Waals surface area contributed by atoms with Crippen molar-refractivity contribution >= 4 is 17.9 Å². The van der Waals surface area contributed by atoms with Crippen molar-refractivity contribution in [3.8, 4) is 0 Å². The minimum atomic E-state index is -0.471. The van der Waals surface area contributed by atoms with Gasteiger partial charge in [-0.05, 0) is 27.0 Å². The summed E-state index contributed by atoms with van der Waals surface area (Å²) in [4.78, 5) is 15.5. The Morgan fingerprint density at radius 3 is 2.64 bits per heavy atom. The highest BCUT2D eigenvalue weighted by Gasteiger charge is 2.17. The van der Waals surface area contributed by atoms with Crippen LogP contribution < -0.4 is 0 Å². The van der Waals surface area contributed by atoms with Crippen LogP contribution in [0.5, 0.6) is 0 Å². The number of hydrogen-bond acceptors (Lipinski definition) is 4. The summed E-state index contributed by atoms with van der Waals surface area (Å²) >= 11 is 1.49. The van der Waals surface area contributed by atoms with E-state index in [1.807, 2.05) is 27.0 Å². The molecule has 0 bridgehead atoms. The maximum Gasteiger partial charge on any atom is 0.419 e. The molecule has 0 saturated carbocycles. The fourth-order valence-corrected chi connectivity index (χ4v) is 1.20. The van der Waals surface area contributed by atoms with Crippen molar-refractivity contribution in [2.24, 2.45) is 0 Å². The van der Waals surface area contributed by atoms with Crippen LogP contribution in [0.2, 0.25) is 0 Å². The Morgan fingerprint density at radius 1 is 1.57 bits per heavy atom. The van der Waals surface area contributed by atoms with E-state index in [-0.39, 0.29) is 0 Å². The number of thioether (sulfide) groups is 1. The molecule has 0 atom stereocenters. The fraction of sp³-hybridized carbons (Fsp3) is 0.556. The minimum absolute atomic E-state index is 0.398. The van der Waals surface area contributed by atoms with Gasteiger partial charge in [0.2, 0.25) is 0 Å². The van der Waals surface area contributed by atoms with E-state index in [1.54, 1.807) is 6.20 Å². The first-order valence-corrected chi connectivity index (χ1v) is 5.46. The van der Waals surface area contributed by atoms with Gasteiger partial charge >= 0.3 is 6.09 Å². The van der Waals surface area contributed by atoms with Crippen molar-refractivity contribution in [1.29, 1.82) is 0 Å². The van der Waals surface area contributed by atoms with Crippen LogP contribution in [-0.4, -0.2) is 27.5 Å². The van der Waals surface area contributed by atoms with Crippen molar-refractivity contribution in [3.05, 3.63) is 12.5 Å². The second-order valence-electron chi connectivity index (χ2n) is 3.80. The number of imidazole rings is 1. The summed E-state index contributed by atoms with van der Waals surface area (Å²) in [5, 5.41) is 0.802. The molecule has 0 amide bonds. The lowest BCUT2D eigenvalue weighted by molar-refractivity contribution is 0.0536. The minimum Gasteiger partial charge on any atom is -0.443 e. The molecule has 0 aliphatic rings. The Hall–Kier alpha value is -0.970. The van der Waals surface area contributed by atoms with E-state index in [0.29, 0.717) is 0 Å². The standard InChI is InChI=1S/C9H14N2O2S/c1-9(2,3)13-8(12)11-5-7(14-4)10-6-11/h5-6H,1-4H3. The van der Waals surface area contributed by atoms with Crippen LogP contribution in [0.4, 0.5) is 4.79 Å². The Balaban J connectivity index is 2.70. The van der Waals surface area contributed by atoms with E-state index >= 15 is 0 Å². The van der Waals surface area contributed by atoms with Gasteiger partial charge in [0.1, 0.15) is 17.0 Å². The van der Waals surface area contributed by atoms with Gasteiger partial charge in [0.05, 0.1) is 0 Å². The van der Waals surface area contributed by atoms with Crippen LogP contribution >= 0.6 is 11.8 Å². The Labute approximate surface area is 87.7 Å². The molecule has 14 heavy (non-hydrogen) atoms. The van der Waals surface area contributed by atoms with Gasteiger partial charge in [-0.1, -0.05) is 0 Å². The molecule has 1 heterocycles. The summed E-state index contributed by atoms with van der Waals surface area (Å²) in [7, 11) is 0. The van der Waals surface area contributed by atoms with Crippen LogP contribution in [-0.2, 0) is 4.74 Å². The van der Waals surface area contributed by atoms with Gasteiger partial charge in [-0.25, -0.2) is 14.3 Å². The zero-order valence-electron chi connectivity index (χ0n) is 8.77. The van der Waals surface area contributed by atoms with Crippen molar-refractivity contribution < 1.29 is 9.53 Å². The molecule has 0 fully saturated rings. The molecule has 0 aliphatic heterocycles. The van der Waals surface area contributed by atoms with E-state index in [9.17, 15) is 4.79 Å². The summed E-state index contributed by atoms with van der Waals surface area (Å²) in [6.45, 7) is 5.49. The molecule has 4 nitrogen and oxygen atoms in total. The number of hydrogen-bond donors (Lipinski definition) is 0. The van der Waals surface area contributed by atoms with Gasteiger partial charge in [0, 0.05) is 6.20 Å². The third kappa shape index (κ3) is 3.06. The highest BCUT2D eigenvalue weighted by Crippen LogP contribution is 2.13. The lowest BCUT2D eigenvalue weighted by Gasteiger charge is -2.18. The number of nitrogens with zero attached hydrogens (tertiary/aromatic N) is 2. The Bertz CT molecular complexity index is 328. The predicted molar refractivity (Wildman–Crippen MR) is 55.6 cm³/mol. The summed E-state index contributed by atoms with van der Waals surface area (Å²) in [6, 6.07) is 0. The SMILES string of the molecule is CSc1cn(C(=O)OC(C)(C)C)cn1. The largest absolute Gasteiger partial charge is 0.443 e. The summed E-state index contributed by atoms with van der Waals surface area (Å²) in [6.07, 6.45) is 4.62. The number of aromatic nitrogens is 2. The molecule has 0 radical (unpaired) electrons. The van der Waals surface area contributed by atoms with Crippen molar-refractivity contribution in [2.45, 2.75) is 31.4 Å². The Kier molecular flexibility index (Phi) is 3.21. The molecule has 78 valence electrons. The third-order valence-corrected chi connectivity index (χ3v) is 2.00. The molecule has 0 saturated heterocycles. The molecule has 0 aromatic carbocycles. The van der Waals surface area contributed by atoms with Crippen molar-refractivity contribution in [3.63, 3.8) is 0 Å². The second-order valence-corrected chi connectivity index (χ2v) is 4.63. The van der Waals surface area contributed by atoms with E-state index in [0.717, 1.165) is 5.03 Å². The van der Waals surface area contributed by atoms with E-state index in [2.05, 4.69) is 4.98 Å². The average Bonchev–Trinajstić information content (AvgIpc) is 2.48. The smallest absolute Gasteiger partial charge is 0.419 e. The maximum atomic E-state index is 11.5. The van der Waals surface area contributed by atoms with Gasteiger partial charge in [-0.3, -0.25) is 0 Å². The normalized spacial score (nSPS) is 11.4. The quantitative estimate of drug-likeness (QED) is 0.673. The zero-order valence-corrected chi connectivity index (χ0v) is 9.59. The predicted octanol–water partition coefficient (Wildman–Crippen LogP) is 2.39. The van der Waals surface area contributed by atoms with E-state index < -0.39 is 11.7 Å². The first-order valence-electron chi connectivity index (χ1n) is 4.24. The maximum absolute atomic E-state index is 11.5. The number of carbonyl (C=O) groups is 1. The van der Waals surface area contributed by atoms with Gasteiger partial charge in [0.25, 0.3) is 0 Å². The lowest BCUT2D eigenvalue weighted by atomic mass is 10.2. The van der Waals surface area contributed by atoms with Crippen molar-refractivity contribution in [1.82, 2.24) is 9.55 Å². The molecule has 0 aliphatic carbocycles. The van der Waals surface area contributed by atoms with Crippen LogP contribution in [0.3, 0.4) is 0 Å². The number of ether oxygens (including phenoxy) is 1. The first kappa shape index (κ1) is 11.1. The van der Waals surface area contributed by atoms with Crippen LogP contribution in [0.25, 0.3) is 0 Å². The summed E-state index contributed by atoms with van der Waals surface area (Å²) in [5.74, 6) is 0. The third-order valence-electron chi connectivity index (χ3n) is 1.37. The summed E-state index contributed by atoms with van der Waals surface area (Å²) in [5.41, 5.74) is -0.471. The van der Waals surface area contributed by atoms with Gasteiger partial charge < -0.3 is 4.74 Å². The van der Waals surface area contributed by atoms with E-state index in [1.165, 1.54) is 22.7 Å². The van der Waals surface area contributed by atoms with E-state index in [4.69, 9.17) is 4.74 Å². The molecular formula is C9H14N2O2S. The Morgan fingerprint density at radius 2 is 2.21 bits per heavy atom. The molecule has 0 unspecified atom stereocenters. The summed E-state index contributed by atoms with van der Waals surface area (Å²) < 4.78 is 6.50. The first-order chi connectivity index (χ1) is 6.42. The van der Waals surface area contributed by atoms with Gasteiger partial charge in [0.15, 0.2) is 0 Å². The fourth-order valence-electron chi connectivity index (χ4n) is 0.825. The molecule has 0 N–H and O–H groups in total. The highest BCUT2D eigenvalue weighted by atomic mass is 32.2. The topological polar surface area (TPSA) is 44.1 Å². The second kappa shape index (κ2) is 4.04. The number of rotatable bonds is 1. The zero-order chi connectivity index (χ0) is 10.8. The number of carbonyl (C=O) groups excluding carboxylic acids is 1. The average molecular weight is 214 g/mol. The van der Waals surface area contributed by atoms with Gasteiger partial charge in [-0.15, -0.1) is 11.8 Å². The molecular weight excluding hydrogens is 200 g/mol. The highest BCUT2D eigenvalue weighted by molar-refractivity contribution is 7.98. The van der Waals surface area contributed by atoms with Gasteiger partial charge in [-0.2, -0.15) is 0 Å². The molecule has 0 spiro atoms. The molecule has 1 aromatic heterocycles. The molecule has 1 rings (SSSR count).